The Morgan fingerprint density at radius 3 is 2.11 bits per heavy atom. The van der Waals surface area contributed by atoms with Crippen molar-refractivity contribution in [2.75, 3.05) is 32.8 Å². The summed E-state index contributed by atoms with van der Waals surface area (Å²) in [6.45, 7) is 6.12. The second-order valence-electron chi connectivity index (χ2n) is 5.12. The van der Waals surface area contributed by atoms with E-state index in [1.54, 1.807) is 0 Å². The van der Waals surface area contributed by atoms with Crippen LogP contribution in [0.4, 0.5) is 0 Å². The van der Waals surface area contributed by atoms with Crippen LogP contribution in [0, 0.1) is 5.41 Å². The molecule has 0 amide bonds. The molecule has 0 aliphatic heterocycles. The number of unbranched alkanes of at least 4 members (excludes halogenated alkanes) is 1. The van der Waals surface area contributed by atoms with Gasteiger partial charge >= 0.3 is 0 Å². The van der Waals surface area contributed by atoms with Crippen LogP contribution in [0.2, 0.25) is 0 Å². The second kappa shape index (κ2) is 9.13. The molecule has 0 atom stereocenters. The number of nitrogens with two attached hydrogens (primary N) is 1. The molecule has 0 aromatic heterocycles. The van der Waals surface area contributed by atoms with Crippen LogP contribution in [0.25, 0.3) is 0 Å². The minimum atomic E-state index is -0.298. The number of hydrogen-bond donors (Lipinski definition) is 4. The lowest BCUT2D eigenvalue weighted by Crippen LogP contribution is -2.33. The predicted octanol–water partition coefficient (Wildman–Crippen LogP) is 0.216. The third kappa shape index (κ3) is 6.78. The monoisotopic (exact) mass is 261 g/mol. The van der Waals surface area contributed by atoms with E-state index in [2.05, 4.69) is 5.16 Å². The zero-order valence-electron chi connectivity index (χ0n) is 11.5. The summed E-state index contributed by atoms with van der Waals surface area (Å²) in [6.07, 6.45) is 2.76. The van der Waals surface area contributed by atoms with Crippen molar-refractivity contribution >= 4 is 5.84 Å². The van der Waals surface area contributed by atoms with Gasteiger partial charge in [-0.1, -0.05) is 25.4 Å². The summed E-state index contributed by atoms with van der Waals surface area (Å²) < 4.78 is 0. The van der Waals surface area contributed by atoms with E-state index < -0.39 is 0 Å². The average molecular weight is 261 g/mol. The highest BCUT2D eigenvalue weighted by Gasteiger charge is 2.22. The Bertz CT molecular complexity index is 239. The van der Waals surface area contributed by atoms with E-state index in [1.807, 2.05) is 18.7 Å². The maximum absolute atomic E-state index is 8.87. The average Bonchev–Trinajstić information content (AvgIpc) is 2.34. The molecule has 108 valence electrons. The molecule has 0 aliphatic rings. The van der Waals surface area contributed by atoms with E-state index in [0.717, 1.165) is 25.8 Å². The second-order valence-corrected chi connectivity index (χ2v) is 5.12. The maximum atomic E-state index is 8.87. The van der Waals surface area contributed by atoms with Crippen molar-refractivity contribution in [1.82, 2.24) is 4.90 Å². The summed E-state index contributed by atoms with van der Waals surface area (Å²) >= 11 is 0. The van der Waals surface area contributed by atoms with Gasteiger partial charge in [-0.15, -0.1) is 0 Å². The largest absolute Gasteiger partial charge is 0.409 e. The number of oxime groups is 1. The number of aliphatic hydroxyl groups excluding tert-OH is 2. The molecular formula is C12H27N3O3. The molecule has 0 rings (SSSR count). The quantitative estimate of drug-likeness (QED) is 0.148. The van der Waals surface area contributed by atoms with Crippen molar-refractivity contribution in [3.05, 3.63) is 0 Å². The van der Waals surface area contributed by atoms with Crippen LogP contribution in [-0.4, -0.2) is 59.0 Å². The fourth-order valence-electron chi connectivity index (χ4n) is 1.78. The molecule has 18 heavy (non-hydrogen) atoms. The Balaban J connectivity index is 3.90. The smallest absolute Gasteiger partial charge is 0.144 e. The number of nitrogens with zero attached hydrogens (tertiary/aromatic N) is 2. The van der Waals surface area contributed by atoms with Gasteiger partial charge in [-0.05, 0) is 19.4 Å². The summed E-state index contributed by atoms with van der Waals surface area (Å²) in [7, 11) is 0. The molecule has 0 aliphatic carbocycles. The molecule has 5 N–H and O–H groups in total. The van der Waals surface area contributed by atoms with E-state index in [0.29, 0.717) is 13.1 Å². The summed E-state index contributed by atoms with van der Waals surface area (Å²) in [6, 6.07) is 0. The van der Waals surface area contributed by atoms with Gasteiger partial charge in [0, 0.05) is 18.5 Å². The van der Waals surface area contributed by atoms with Crippen LogP contribution >= 0.6 is 0 Å². The minimum Gasteiger partial charge on any atom is -0.409 e. The van der Waals surface area contributed by atoms with Crippen molar-refractivity contribution in [2.45, 2.75) is 33.1 Å². The summed E-state index contributed by atoms with van der Waals surface area (Å²) in [5.74, 6) is 0.255. The summed E-state index contributed by atoms with van der Waals surface area (Å²) in [5, 5.41) is 29.4. The van der Waals surface area contributed by atoms with Crippen molar-refractivity contribution in [3.63, 3.8) is 0 Å². The van der Waals surface area contributed by atoms with E-state index in [1.165, 1.54) is 0 Å². The highest BCUT2D eigenvalue weighted by molar-refractivity contribution is 5.85. The molecule has 6 heteroatoms. The van der Waals surface area contributed by atoms with Crippen molar-refractivity contribution in [1.29, 1.82) is 0 Å². The van der Waals surface area contributed by atoms with E-state index in [9.17, 15) is 0 Å². The third-order valence-corrected chi connectivity index (χ3v) is 3.16. The molecule has 0 aromatic rings. The van der Waals surface area contributed by atoms with Gasteiger partial charge < -0.3 is 21.2 Å². The molecule has 6 nitrogen and oxygen atoms in total. The van der Waals surface area contributed by atoms with Gasteiger partial charge in [0.2, 0.25) is 0 Å². The maximum Gasteiger partial charge on any atom is 0.144 e. The zero-order valence-corrected chi connectivity index (χ0v) is 11.5. The lowest BCUT2D eigenvalue weighted by atomic mass is 9.86. The zero-order chi connectivity index (χ0) is 14.0. The van der Waals surface area contributed by atoms with E-state index in [4.69, 9.17) is 21.2 Å². The topological polar surface area (TPSA) is 102 Å². The predicted molar refractivity (Wildman–Crippen MR) is 71.7 cm³/mol. The molecule has 0 bridgehead atoms. The van der Waals surface area contributed by atoms with Crippen LogP contribution in [-0.2, 0) is 0 Å². The van der Waals surface area contributed by atoms with E-state index >= 15 is 0 Å². The van der Waals surface area contributed by atoms with Crippen molar-refractivity contribution < 1.29 is 15.4 Å². The van der Waals surface area contributed by atoms with Crippen LogP contribution < -0.4 is 5.73 Å². The normalized spacial score (nSPS) is 13.3. The fraction of sp³-hybridized carbons (Fsp3) is 0.917. The summed E-state index contributed by atoms with van der Waals surface area (Å²) in [4.78, 5) is 2.02. The highest BCUT2D eigenvalue weighted by Crippen LogP contribution is 2.23. The molecular weight excluding hydrogens is 234 g/mol. The van der Waals surface area contributed by atoms with Gasteiger partial charge in [0.15, 0.2) is 0 Å². The van der Waals surface area contributed by atoms with Crippen LogP contribution in [0.1, 0.15) is 33.1 Å². The molecule has 0 heterocycles. The van der Waals surface area contributed by atoms with Gasteiger partial charge in [0.05, 0.1) is 13.2 Å². The number of amidine groups is 1. The molecule has 0 saturated carbocycles. The van der Waals surface area contributed by atoms with Gasteiger partial charge in [0.25, 0.3) is 0 Å². The molecule has 0 aromatic carbocycles. The molecule has 0 saturated heterocycles. The number of aliphatic hydroxyl groups is 2. The van der Waals surface area contributed by atoms with Gasteiger partial charge in [-0.2, -0.15) is 0 Å². The molecule has 0 radical (unpaired) electrons. The van der Waals surface area contributed by atoms with Gasteiger partial charge in [0.1, 0.15) is 5.84 Å². The van der Waals surface area contributed by atoms with Crippen LogP contribution in [0.3, 0.4) is 0 Å². The van der Waals surface area contributed by atoms with Crippen molar-refractivity contribution in [3.8, 4) is 0 Å². The lowest BCUT2D eigenvalue weighted by molar-refractivity contribution is 0.158. The first kappa shape index (κ1) is 17.2. The standard InChI is InChI=1S/C12H27N3O3/c1-12(2,11(13)14-18)5-3-4-6-15(7-9-16)8-10-17/h16-18H,3-10H2,1-2H3,(H2,13,14). The van der Waals surface area contributed by atoms with Crippen molar-refractivity contribution in [2.24, 2.45) is 16.3 Å². The highest BCUT2D eigenvalue weighted by atomic mass is 16.4. The Hall–Kier alpha value is -0.850. The third-order valence-electron chi connectivity index (χ3n) is 3.16. The number of hydrogen-bond acceptors (Lipinski definition) is 5. The lowest BCUT2D eigenvalue weighted by Gasteiger charge is -2.24. The fourth-order valence-corrected chi connectivity index (χ4v) is 1.78. The Labute approximate surface area is 109 Å². The van der Waals surface area contributed by atoms with Crippen LogP contribution in [0.15, 0.2) is 5.16 Å². The van der Waals surface area contributed by atoms with Crippen LogP contribution in [0.5, 0.6) is 0 Å². The van der Waals surface area contributed by atoms with Gasteiger partial charge in [-0.3, -0.25) is 4.90 Å². The molecule has 0 unspecified atom stereocenters. The molecule has 0 fully saturated rings. The minimum absolute atomic E-state index is 0.107. The molecule has 0 spiro atoms. The Kier molecular flexibility index (Phi) is 8.70. The Morgan fingerprint density at radius 1 is 1.11 bits per heavy atom. The van der Waals surface area contributed by atoms with Gasteiger partial charge in [-0.25, -0.2) is 0 Å². The Morgan fingerprint density at radius 2 is 1.67 bits per heavy atom. The van der Waals surface area contributed by atoms with E-state index in [-0.39, 0.29) is 24.5 Å². The number of rotatable bonds is 10. The first-order chi connectivity index (χ1) is 8.47. The summed E-state index contributed by atoms with van der Waals surface area (Å²) in [5.41, 5.74) is 5.31. The first-order valence-electron chi connectivity index (χ1n) is 6.40. The SMILES string of the molecule is CC(C)(CCCCN(CCO)CCO)C(N)=NO. The first-order valence-corrected chi connectivity index (χ1v) is 6.40.